The number of benzene rings is 2. The van der Waals surface area contributed by atoms with Gasteiger partial charge in [-0.2, -0.15) is 0 Å². The zero-order chi connectivity index (χ0) is 19.8. The third-order valence-corrected chi connectivity index (χ3v) is 4.38. The average Bonchev–Trinajstić information content (AvgIpc) is 2.67. The highest BCUT2D eigenvalue weighted by Gasteiger charge is 2.14. The number of rotatable bonds is 8. The van der Waals surface area contributed by atoms with Crippen LogP contribution in [0.1, 0.15) is 42.7 Å². The molecule has 2 amide bonds. The Labute approximate surface area is 159 Å². The molecule has 144 valence electrons. The van der Waals surface area contributed by atoms with Gasteiger partial charge in [0.05, 0.1) is 6.54 Å². The summed E-state index contributed by atoms with van der Waals surface area (Å²) in [6.07, 6.45) is 0. The Morgan fingerprint density at radius 2 is 1.78 bits per heavy atom. The van der Waals surface area contributed by atoms with E-state index in [-0.39, 0.29) is 30.2 Å². The Hall–Kier alpha value is -2.73. The molecule has 1 unspecified atom stereocenters. The van der Waals surface area contributed by atoms with E-state index in [1.807, 2.05) is 13.8 Å². The van der Waals surface area contributed by atoms with E-state index < -0.39 is 0 Å². The molecule has 0 fully saturated rings. The summed E-state index contributed by atoms with van der Waals surface area (Å²) in [7, 11) is 0. The molecule has 0 spiro atoms. The Balaban J connectivity index is 1.95. The number of hydrogen-bond acceptors (Lipinski definition) is 3. The van der Waals surface area contributed by atoms with Crippen LogP contribution in [0.3, 0.4) is 0 Å². The molecule has 2 aromatic carbocycles. The minimum atomic E-state index is -0.305. The number of hydrogen-bond donors (Lipinski definition) is 2. The van der Waals surface area contributed by atoms with Crippen molar-refractivity contribution in [3.8, 4) is 0 Å². The fraction of sp³-hybridized carbons (Fsp3) is 0.333. The molecular weight excluding hydrogens is 345 g/mol. The van der Waals surface area contributed by atoms with Crippen molar-refractivity contribution in [3.63, 3.8) is 0 Å². The summed E-state index contributed by atoms with van der Waals surface area (Å²) >= 11 is 0. The molecule has 0 bridgehead atoms. The Bertz CT molecular complexity index is 791. The lowest BCUT2D eigenvalue weighted by Crippen LogP contribution is -2.31. The zero-order valence-corrected chi connectivity index (χ0v) is 16.0. The summed E-state index contributed by atoms with van der Waals surface area (Å²) in [5.41, 5.74) is 1.60. The van der Waals surface area contributed by atoms with Crippen molar-refractivity contribution in [3.05, 3.63) is 65.5 Å². The number of carbonyl (C=O) groups is 2. The molecule has 0 aliphatic carbocycles. The van der Waals surface area contributed by atoms with Crippen LogP contribution in [-0.4, -0.2) is 36.3 Å². The second kappa shape index (κ2) is 9.83. The van der Waals surface area contributed by atoms with Crippen molar-refractivity contribution in [1.82, 2.24) is 10.2 Å². The number of carbonyl (C=O) groups excluding carboxylic acids is 2. The summed E-state index contributed by atoms with van der Waals surface area (Å²) in [5, 5.41) is 5.77. The normalized spacial score (nSPS) is 11.7. The van der Waals surface area contributed by atoms with Gasteiger partial charge in [0.1, 0.15) is 5.82 Å². The maximum atomic E-state index is 13.8. The maximum absolute atomic E-state index is 13.8. The quantitative estimate of drug-likeness (QED) is 0.745. The number of nitrogens with zero attached hydrogens (tertiary/aromatic N) is 1. The van der Waals surface area contributed by atoms with E-state index in [1.165, 1.54) is 6.07 Å². The van der Waals surface area contributed by atoms with Crippen LogP contribution in [0.5, 0.6) is 0 Å². The summed E-state index contributed by atoms with van der Waals surface area (Å²) in [5.74, 6) is -0.631. The second-order valence-corrected chi connectivity index (χ2v) is 6.23. The van der Waals surface area contributed by atoms with E-state index >= 15 is 0 Å². The highest BCUT2D eigenvalue weighted by atomic mass is 19.1. The van der Waals surface area contributed by atoms with Crippen LogP contribution in [0.25, 0.3) is 0 Å². The first kappa shape index (κ1) is 20.6. The van der Waals surface area contributed by atoms with E-state index in [0.717, 1.165) is 0 Å². The molecule has 0 aliphatic rings. The molecule has 2 aromatic rings. The molecule has 5 nitrogen and oxygen atoms in total. The van der Waals surface area contributed by atoms with Gasteiger partial charge in [0.2, 0.25) is 5.91 Å². The summed E-state index contributed by atoms with van der Waals surface area (Å²) in [6, 6.07) is 13.0. The van der Waals surface area contributed by atoms with Crippen molar-refractivity contribution in [2.24, 2.45) is 0 Å². The minimum absolute atomic E-state index is 0.0315. The van der Waals surface area contributed by atoms with E-state index in [1.54, 1.807) is 54.3 Å². The maximum Gasteiger partial charge on any atom is 0.253 e. The van der Waals surface area contributed by atoms with Crippen molar-refractivity contribution >= 4 is 17.5 Å². The minimum Gasteiger partial charge on any atom is -0.339 e. The number of halogens is 1. The molecule has 0 saturated carbocycles. The summed E-state index contributed by atoms with van der Waals surface area (Å²) < 4.78 is 13.8. The van der Waals surface area contributed by atoms with E-state index in [9.17, 15) is 14.0 Å². The van der Waals surface area contributed by atoms with Gasteiger partial charge in [-0.25, -0.2) is 4.39 Å². The Kier molecular flexibility index (Phi) is 7.49. The van der Waals surface area contributed by atoms with E-state index in [4.69, 9.17) is 0 Å². The predicted molar refractivity (Wildman–Crippen MR) is 105 cm³/mol. The Morgan fingerprint density at radius 1 is 1.07 bits per heavy atom. The lowest BCUT2D eigenvalue weighted by molar-refractivity contribution is -0.115. The van der Waals surface area contributed by atoms with Crippen molar-refractivity contribution in [2.75, 3.05) is 25.0 Å². The fourth-order valence-corrected chi connectivity index (χ4v) is 2.81. The van der Waals surface area contributed by atoms with Gasteiger partial charge in [-0.1, -0.05) is 24.3 Å². The second-order valence-electron chi connectivity index (χ2n) is 6.23. The monoisotopic (exact) mass is 371 g/mol. The third kappa shape index (κ3) is 5.62. The third-order valence-electron chi connectivity index (χ3n) is 4.38. The lowest BCUT2D eigenvalue weighted by atomic mass is 10.1. The SMILES string of the molecule is CCN(CC)C(=O)c1cccc(NC(=O)CNC(C)c2ccccc2F)c1. The topological polar surface area (TPSA) is 61.4 Å². The van der Waals surface area contributed by atoms with Crippen molar-refractivity contribution in [2.45, 2.75) is 26.8 Å². The lowest BCUT2D eigenvalue weighted by Gasteiger charge is -2.19. The van der Waals surface area contributed by atoms with Crippen LogP contribution in [0.15, 0.2) is 48.5 Å². The molecule has 2 rings (SSSR count). The first-order chi connectivity index (χ1) is 13.0. The number of amides is 2. The first-order valence-corrected chi connectivity index (χ1v) is 9.13. The highest BCUT2D eigenvalue weighted by Crippen LogP contribution is 2.16. The molecule has 0 radical (unpaired) electrons. The van der Waals surface area contributed by atoms with Crippen LogP contribution >= 0.6 is 0 Å². The van der Waals surface area contributed by atoms with Crippen LogP contribution in [-0.2, 0) is 4.79 Å². The average molecular weight is 371 g/mol. The van der Waals surface area contributed by atoms with Crippen LogP contribution in [0, 0.1) is 5.82 Å². The van der Waals surface area contributed by atoms with Crippen LogP contribution in [0.4, 0.5) is 10.1 Å². The highest BCUT2D eigenvalue weighted by molar-refractivity contribution is 5.97. The smallest absolute Gasteiger partial charge is 0.253 e. The van der Waals surface area contributed by atoms with Crippen LogP contribution in [0.2, 0.25) is 0 Å². The molecule has 6 heteroatoms. The van der Waals surface area contributed by atoms with Crippen molar-refractivity contribution < 1.29 is 14.0 Å². The van der Waals surface area contributed by atoms with Gasteiger partial charge in [0, 0.05) is 35.9 Å². The summed E-state index contributed by atoms with van der Waals surface area (Å²) in [4.78, 5) is 26.3. The molecule has 0 aliphatic heterocycles. The zero-order valence-electron chi connectivity index (χ0n) is 16.0. The fourth-order valence-electron chi connectivity index (χ4n) is 2.81. The van der Waals surface area contributed by atoms with E-state index in [2.05, 4.69) is 10.6 Å². The van der Waals surface area contributed by atoms with Gasteiger partial charge in [-0.3, -0.25) is 9.59 Å². The van der Waals surface area contributed by atoms with Crippen LogP contribution < -0.4 is 10.6 Å². The van der Waals surface area contributed by atoms with Crippen molar-refractivity contribution in [1.29, 1.82) is 0 Å². The number of anilines is 1. The van der Waals surface area contributed by atoms with Gasteiger partial charge >= 0.3 is 0 Å². The first-order valence-electron chi connectivity index (χ1n) is 9.13. The molecular formula is C21H26FN3O2. The summed E-state index contributed by atoms with van der Waals surface area (Å²) in [6.45, 7) is 6.94. The van der Waals surface area contributed by atoms with Gasteiger partial charge in [-0.15, -0.1) is 0 Å². The molecule has 0 heterocycles. The van der Waals surface area contributed by atoms with Gasteiger partial charge in [0.15, 0.2) is 0 Å². The van der Waals surface area contributed by atoms with Gasteiger partial charge < -0.3 is 15.5 Å². The molecule has 27 heavy (non-hydrogen) atoms. The largest absolute Gasteiger partial charge is 0.339 e. The molecule has 1 atom stereocenters. The molecule has 2 N–H and O–H groups in total. The predicted octanol–water partition coefficient (Wildman–Crippen LogP) is 3.60. The molecule has 0 aromatic heterocycles. The number of nitrogens with one attached hydrogen (secondary N) is 2. The van der Waals surface area contributed by atoms with E-state index in [0.29, 0.717) is 29.9 Å². The molecule has 0 saturated heterocycles. The van der Waals surface area contributed by atoms with Gasteiger partial charge in [-0.05, 0) is 45.0 Å². The Morgan fingerprint density at radius 3 is 2.44 bits per heavy atom. The van der Waals surface area contributed by atoms with Gasteiger partial charge in [0.25, 0.3) is 5.91 Å². The standard InChI is InChI=1S/C21H26FN3O2/c1-4-25(5-2)21(27)16-9-8-10-17(13-16)24-20(26)14-23-15(3)18-11-6-7-12-19(18)22/h6-13,15,23H,4-5,14H2,1-3H3,(H,24,26).